The molecule has 0 bridgehead atoms. The fourth-order valence-corrected chi connectivity index (χ4v) is 4.45. The van der Waals surface area contributed by atoms with Gasteiger partial charge >= 0.3 is 0 Å². The Hall–Kier alpha value is -1.11. The molecule has 148 valence electrons. The van der Waals surface area contributed by atoms with Crippen LogP contribution >= 0.6 is 27.5 Å². The second-order valence-electron chi connectivity index (χ2n) is 7.57. The van der Waals surface area contributed by atoms with Crippen molar-refractivity contribution in [3.8, 4) is 6.01 Å². The first-order chi connectivity index (χ1) is 12.8. The molecule has 1 aromatic carbocycles. The van der Waals surface area contributed by atoms with Crippen molar-refractivity contribution in [3.05, 3.63) is 21.6 Å². The number of aromatic nitrogens is 2. The number of fused-ring (bicyclic) bond motifs is 1. The van der Waals surface area contributed by atoms with E-state index < -0.39 is 0 Å². The van der Waals surface area contributed by atoms with Gasteiger partial charge in [-0.25, -0.2) is 0 Å². The van der Waals surface area contributed by atoms with E-state index >= 15 is 0 Å². The number of ether oxygens (including phenoxy) is 2. The molecule has 0 N–H and O–H groups in total. The SMILES string of the molecule is CC(=O)C[C@@H](C)COC1CCC(Oc2nc3c(Cl)cc(Br)cc3n2C)CC1. The summed E-state index contributed by atoms with van der Waals surface area (Å²) >= 11 is 9.77. The van der Waals surface area contributed by atoms with Crippen molar-refractivity contribution in [1.82, 2.24) is 9.55 Å². The minimum absolute atomic E-state index is 0.136. The highest BCUT2D eigenvalue weighted by Crippen LogP contribution is 2.32. The number of halogens is 2. The summed E-state index contributed by atoms with van der Waals surface area (Å²) in [4.78, 5) is 15.7. The third-order valence-corrected chi connectivity index (χ3v) is 5.76. The Morgan fingerprint density at radius 2 is 2.00 bits per heavy atom. The van der Waals surface area contributed by atoms with E-state index in [-0.39, 0.29) is 23.9 Å². The monoisotopic (exact) mass is 456 g/mol. The molecule has 1 atom stereocenters. The maximum absolute atomic E-state index is 11.2. The van der Waals surface area contributed by atoms with Crippen molar-refractivity contribution in [2.24, 2.45) is 13.0 Å². The van der Waals surface area contributed by atoms with Crippen LogP contribution < -0.4 is 4.74 Å². The van der Waals surface area contributed by atoms with Crippen molar-refractivity contribution in [1.29, 1.82) is 0 Å². The van der Waals surface area contributed by atoms with E-state index in [1.165, 1.54) is 0 Å². The van der Waals surface area contributed by atoms with Crippen molar-refractivity contribution in [2.75, 3.05) is 6.61 Å². The number of nitrogens with zero attached hydrogens (tertiary/aromatic N) is 2. The molecule has 2 aromatic rings. The van der Waals surface area contributed by atoms with Gasteiger partial charge < -0.3 is 14.3 Å². The number of Topliss-reactive ketones (excluding diaryl/α,β-unsaturated/α-hetero) is 1. The fourth-order valence-electron chi connectivity index (χ4n) is 3.61. The number of benzene rings is 1. The molecule has 27 heavy (non-hydrogen) atoms. The standard InChI is InChI=1S/C20H26BrClN2O3/c1-12(8-13(2)25)11-26-15-4-6-16(7-5-15)27-20-23-19-17(22)9-14(21)10-18(19)24(20)3/h9-10,12,15-16H,4-8,11H2,1-3H3/t12-,15?,16?/m1/s1. The van der Waals surface area contributed by atoms with E-state index in [9.17, 15) is 4.79 Å². The summed E-state index contributed by atoms with van der Waals surface area (Å²) in [6.45, 7) is 4.34. The zero-order chi connectivity index (χ0) is 19.6. The highest BCUT2D eigenvalue weighted by molar-refractivity contribution is 9.10. The summed E-state index contributed by atoms with van der Waals surface area (Å²) in [5.41, 5.74) is 1.70. The maximum Gasteiger partial charge on any atom is 0.297 e. The van der Waals surface area contributed by atoms with Crippen LogP contribution in [-0.2, 0) is 16.6 Å². The minimum atomic E-state index is 0.136. The number of carbonyl (C=O) groups excluding carboxylic acids is 1. The molecule has 7 heteroatoms. The van der Waals surface area contributed by atoms with Crippen LogP contribution in [0.15, 0.2) is 16.6 Å². The third kappa shape index (κ3) is 5.24. The lowest BCUT2D eigenvalue weighted by atomic mass is 9.95. The van der Waals surface area contributed by atoms with Gasteiger partial charge in [-0.15, -0.1) is 0 Å². The summed E-state index contributed by atoms with van der Waals surface area (Å²) in [5, 5.41) is 0.613. The van der Waals surface area contributed by atoms with E-state index in [0.29, 0.717) is 24.1 Å². The van der Waals surface area contributed by atoms with Gasteiger partial charge in [-0.3, -0.25) is 4.57 Å². The molecule has 0 unspecified atom stereocenters. The predicted octanol–water partition coefficient (Wildman–Crippen LogP) is 5.31. The van der Waals surface area contributed by atoms with Crippen LogP contribution in [0.4, 0.5) is 0 Å². The van der Waals surface area contributed by atoms with Crippen molar-refractivity contribution in [3.63, 3.8) is 0 Å². The van der Waals surface area contributed by atoms with Crippen LogP contribution in [0.1, 0.15) is 46.0 Å². The summed E-state index contributed by atoms with van der Waals surface area (Å²) in [7, 11) is 1.94. The maximum atomic E-state index is 11.2. The first kappa shape index (κ1) is 20.6. The van der Waals surface area contributed by atoms with Gasteiger partial charge in [0.15, 0.2) is 0 Å². The van der Waals surface area contributed by atoms with Crippen LogP contribution in [0, 0.1) is 5.92 Å². The lowest BCUT2D eigenvalue weighted by Crippen LogP contribution is -2.30. The van der Waals surface area contributed by atoms with Gasteiger partial charge in [0.05, 0.1) is 16.6 Å². The summed E-state index contributed by atoms with van der Waals surface area (Å²) < 4.78 is 15.0. The molecule has 0 amide bonds. The average molecular weight is 458 g/mol. The molecule has 1 saturated carbocycles. The first-order valence-electron chi connectivity index (χ1n) is 9.42. The van der Waals surface area contributed by atoms with Gasteiger partial charge in [0.25, 0.3) is 6.01 Å². The molecule has 1 heterocycles. The number of ketones is 1. The van der Waals surface area contributed by atoms with Gasteiger partial charge in [0, 0.05) is 24.5 Å². The van der Waals surface area contributed by atoms with Crippen LogP contribution in [0.25, 0.3) is 11.0 Å². The van der Waals surface area contributed by atoms with E-state index in [4.69, 9.17) is 21.1 Å². The fraction of sp³-hybridized carbons (Fsp3) is 0.600. The van der Waals surface area contributed by atoms with Crippen LogP contribution in [0.5, 0.6) is 6.01 Å². The van der Waals surface area contributed by atoms with Crippen LogP contribution in [-0.4, -0.2) is 34.1 Å². The van der Waals surface area contributed by atoms with Gasteiger partial charge in [-0.1, -0.05) is 34.5 Å². The molecule has 5 nitrogen and oxygen atoms in total. The minimum Gasteiger partial charge on any atom is -0.461 e. The molecule has 3 rings (SSSR count). The van der Waals surface area contributed by atoms with E-state index in [2.05, 4.69) is 27.8 Å². The predicted molar refractivity (Wildman–Crippen MR) is 111 cm³/mol. The van der Waals surface area contributed by atoms with Crippen molar-refractivity contribution >= 4 is 44.3 Å². The molecule has 0 spiro atoms. The lowest BCUT2D eigenvalue weighted by Gasteiger charge is -2.29. The molecule has 0 saturated heterocycles. The van der Waals surface area contributed by atoms with E-state index in [1.54, 1.807) is 6.92 Å². The molecule has 1 aliphatic rings. The summed E-state index contributed by atoms with van der Waals surface area (Å²) in [6.07, 6.45) is 4.78. The highest BCUT2D eigenvalue weighted by atomic mass is 79.9. The Labute approximate surface area is 173 Å². The van der Waals surface area contributed by atoms with Gasteiger partial charge in [-0.05, 0) is 50.7 Å². The Bertz CT molecular complexity index is 815. The number of carbonyl (C=O) groups is 1. The largest absolute Gasteiger partial charge is 0.461 e. The zero-order valence-electron chi connectivity index (χ0n) is 16.0. The summed E-state index contributed by atoms with van der Waals surface area (Å²) in [5.74, 6) is 0.498. The average Bonchev–Trinajstić information content (AvgIpc) is 2.90. The number of hydrogen-bond donors (Lipinski definition) is 0. The number of aryl methyl sites for hydroxylation is 1. The Morgan fingerprint density at radius 1 is 1.33 bits per heavy atom. The van der Waals surface area contributed by atoms with E-state index in [1.807, 2.05) is 23.7 Å². The zero-order valence-corrected chi connectivity index (χ0v) is 18.3. The van der Waals surface area contributed by atoms with Crippen LogP contribution in [0.2, 0.25) is 5.02 Å². The van der Waals surface area contributed by atoms with Gasteiger partial charge in [0.1, 0.15) is 17.4 Å². The van der Waals surface area contributed by atoms with Crippen LogP contribution in [0.3, 0.4) is 0 Å². The Morgan fingerprint density at radius 3 is 2.67 bits per heavy atom. The van der Waals surface area contributed by atoms with Gasteiger partial charge in [-0.2, -0.15) is 4.98 Å². The third-order valence-electron chi connectivity index (χ3n) is 5.01. The second kappa shape index (κ2) is 8.93. The number of rotatable bonds is 7. The normalized spacial score (nSPS) is 21.4. The quantitative estimate of drug-likeness (QED) is 0.565. The molecule has 1 fully saturated rings. The highest BCUT2D eigenvalue weighted by Gasteiger charge is 2.25. The van der Waals surface area contributed by atoms with Gasteiger partial charge in [0.2, 0.25) is 0 Å². The second-order valence-corrected chi connectivity index (χ2v) is 8.89. The van der Waals surface area contributed by atoms with Crippen molar-refractivity contribution in [2.45, 2.75) is 58.2 Å². The Kier molecular flexibility index (Phi) is 6.82. The Balaban J connectivity index is 1.54. The molecular formula is C20H26BrClN2O3. The van der Waals surface area contributed by atoms with E-state index in [0.717, 1.165) is 41.2 Å². The summed E-state index contributed by atoms with van der Waals surface area (Å²) in [6, 6.07) is 4.44. The molecule has 0 aliphatic heterocycles. The molecule has 0 radical (unpaired) electrons. The number of hydrogen-bond acceptors (Lipinski definition) is 4. The molecular weight excluding hydrogens is 432 g/mol. The molecule has 1 aliphatic carbocycles. The molecule has 1 aromatic heterocycles. The van der Waals surface area contributed by atoms with Crippen molar-refractivity contribution < 1.29 is 14.3 Å². The topological polar surface area (TPSA) is 53.4 Å². The first-order valence-corrected chi connectivity index (χ1v) is 10.6. The smallest absolute Gasteiger partial charge is 0.297 e. The lowest BCUT2D eigenvalue weighted by molar-refractivity contribution is -0.118. The number of imidazole rings is 1.